The molecular formula is C27H46O3. The largest absolute Gasteiger partial charge is 0.390 e. The second-order valence-corrected chi connectivity index (χ2v) is 13.0. The maximum Gasteiger partial charge on any atom is 0.135 e. The van der Waals surface area contributed by atoms with Gasteiger partial charge < -0.3 is 10.2 Å². The monoisotopic (exact) mass is 418 g/mol. The van der Waals surface area contributed by atoms with Crippen LogP contribution in [-0.4, -0.2) is 27.2 Å². The summed E-state index contributed by atoms with van der Waals surface area (Å²) in [6.45, 7) is 11.2. The molecule has 0 bridgehead atoms. The van der Waals surface area contributed by atoms with E-state index >= 15 is 0 Å². The third-order valence-corrected chi connectivity index (χ3v) is 10.8. The molecule has 0 aromatic heterocycles. The molecule has 1 unspecified atom stereocenters. The number of hydrogen-bond acceptors (Lipinski definition) is 3. The summed E-state index contributed by atoms with van der Waals surface area (Å²) in [5.74, 6) is 3.91. The van der Waals surface area contributed by atoms with Crippen LogP contribution in [0.1, 0.15) is 112 Å². The topological polar surface area (TPSA) is 57.5 Å². The molecule has 0 aromatic rings. The quantitative estimate of drug-likeness (QED) is 0.584. The molecular weight excluding hydrogens is 372 g/mol. The lowest BCUT2D eigenvalue weighted by molar-refractivity contribution is -0.204. The first kappa shape index (κ1) is 22.8. The number of fused-ring (bicyclic) bond motifs is 5. The number of carbonyl (C=O) groups excluding carboxylic acids is 1. The van der Waals surface area contributed by atoms with Crippen molar-refractivity contribution in [1.29, 1.82) is 0 Å². The number of Topliss-reactive ketones (excluding diaryl/α,β-unsaturated/α-hetero) is 1. The number of rotatable bonds is 5. The smallest absolute Gasteiger partial charge is 0.135 e. The molecule has 0 spiro atoms. The zero-order valence-electron chi connectivity index (χ0n) is 20.2. The van der Waals surface area contributed by atoms with Gasteiger partial charge in [0.05, 0.1) is 11.2 Å². The number of carbonyl (C=O) groups is 1. The third-order valence-electron chi connectivity index (χ3n) is 10.8. The van der Waals surface area contributed by atoms with E-state index in [9.17, 15) is 15.0 Å². The first-order valence-electron chi connectivity index (χ1n) is 12.9. The molecule has 4 saturated carbocycles. The lowest BCUT2D eigenvalue weighted by Crippen LogP contribution is -2.62. The molecule has 3 heteroatoms. The van der Waals surface area contributed by atoms with Gasteiger partial charge in [-0.05, 0) is 100 Å². The van der Waals surface area contributed by atoms with Gasteiger partial charge in [0, 0.05) is 18.3 Å². The molecule has 30 heavy (non-hydrogen) atoms. The first-order valence-corrected chi connectivity index (χ1v) is 12.9. The second-order valence-electron chi connectivity index (χ2n) is 13.0. The Hall–Kier alpha value is -0.410. The Morgan fingerprint density at radius 3 is 2.50 bits per heavy atom. The van der Waals surface area contributed by atoms with Crippen molar-refractivity contribution >= 4 is 5.78 Å². The summed E-state index contributed by atoms with van der Waals surface area (Å²) < 4.78 is 0. The highest BCUT2D eigenvalue weighted by atomic mass is 16.3. The van der Waals surface area contributed by atoms with Crippen molar-refractivity contribution in [3.63, 3.8) is 0 Å². The molecule has 2 N–H and O–H groups in total. The molecule has 0 aliphatic heterocycles. The predicted molar refractivity (Wildman–Crippen MR) is 121 cm³/mol. The fraction of sp³-hybridized carbons (Fsp3) is 0.963. The lowest BCUT2D eigenvalue weighted by atomic mass is 9.43. The van der Waals surface area contributed by atoms with Crippen molar-refractivity contribution in [1.82, 2.24) is 0 Å². The molecule has 0 aromatic carbocycles. The van der Waals surface area contributed by atoms with E-state index in [0.717, 1.165) is 55.8 Å². The summed E-state index contributed by atoms with van der Waals surface area (Å²) in [6, 6.07) is 0. The van der Waals surface area contributed by atoms with Crippen LogP contribution in [0.25, 0.3) is 0 Å². The van der Waals surface area contributed by atoms with Crippen LogP contribution in [0.15, 0.2) is 0 Å². The molecule has 4 aliphatic rings. The standard InChI is InChI=1S/C27H46O3/c1-18(7-6-13-24(2,3)29)21-8-9-22-20-11-16-27(30)17-19(28)10-15-26(27,5)23(20)12-14-25(21,22)4/h18,20-23,29-30H,6-17H2,1-5H3/t18-,20+,21-,22+,23+,25-,26-,27?/m1/s1. The summed E-state index contributed by atoms with van der Waals surface area (Å²) >= 11 is 0. The predicted octanol–water partition coefficient (Wildman–Crippen LogP) is 5.91. The Morgan fingerprint density at radius 1 is 1.07 bits per heavy atom. The van der Waals surface area contributed by atoms with Crippen molar-refractivity contribution in [3.05, 3.63) is 0 Å². The van der Waals surface area contributed by atoms with Crippen LogP contribution < -0.4 is 0 Å². The fourth-order valence-electron chi connectivity index (χ4n) is 9.07. The Kier molecular flexibility index (Phi) is 5.75. The van der Waals surface area contributed by atoms with Crippen LogP contribution in [0.5, 0.6) is 0 Å². The number of ketones is 1. The highest BCUT2D eigenvalue weighted by Crippen LogP contribution is 2.69. The van der Waals surface area contributed by atoms with E-state index in [1.165, 1.54) is 32.1 Å². The Labute approximate surface area is 184 Å². The van der Waals surface area contributed by atoms with Crippen LogP contribution in [0.2, 0.25) is 0 Å². The highest BCUT2D eigenvalue weighted by Gasteiger charge is 2.64. The van der Waals surface area contributed by atoms with Crippen molar-refractivity contribution in [3.8, 4) is 0 Å². The minimum Gasteiger partial charge on any atom is -0.390 e. The van der Waals surface area contributed by atoms with Gasteiger partial charge in [-0.1, -0.05) is 33.6 Å². The molecule has 0 radical (unpaired) electrons. The zero-order valence-corrected chi connectivity index (χ0v) is 20.2. The van der Waals surface area contributed by atoms with E-state index in [4.69, 9.17) is 0 Å². The van der Waals surface area contributed by atoms with E-state index in [0.29, 0.717) is 24.2 Å². The molecule has 4 aliphatic carbocycles. The average Bonchev–Trinajstić information content (AvgIpc) is 2.99. The summed E-state index contributed by atoms with van der Waals surface area (Å²) in [6.07, 6.45) is 12.4. The fourth-order valence-corrected chi connectivity index (χ4v) is 9.07. The molecule has 0 amide bonds. The van der Waals surface area contributed by atoms with Crippen LogP contribution >= 0.6 is 0 Å². The SMILES string of the molecule is C[C@H](CCCC(C)(C)O)[C@H]1CC[C@H]2[C@@H]3CCC4(O)CC(=O)CC[C@]4(C)[C@H]3CC[C@]12C. The van der Waals surface area contributed by atoms with Gasteiger partial charge in [0.15, 0.2) is 0 Å². The molecule has 0 saturated heterocycles. The molecule has 0 heterocycles. The zero-order chi connectivity index (χ0) is 21.9. The number of hydrogen-bond donors (Lipinski definition) is 2. The highest BCUT2D eigenvalue weighted by molar-refractivity contribution is 5.80. The first-order chi connectivity index (χ1) is 13.9. The van der Waals surface area contributed by atoms with Crippen molar-refractivity contribution in [2.24, 2.45) is 40.4 Å². The van der Waals surface area contributed by atoms with E-state index in [2.05, 4.69) is 20.8 Å². The Morgan fingerprint density at radius 2 is 1.80 bits per heavy atom. The normalized spacial score (nSPS) is 47.4. The molecule has 4 rings (SSSR count). The number of aliphatic hydroxyl groups is 2. The van der Waals surface area contributed by atoms with Gasteiger partial charge in [-0.15, -0.1) is 0 Å². The van der Waals surface area contributed by atoms with E-state index in [-0.39, 0.29) is 11.2 Å². The summed E-state index contributed by atoms with van der Waals surface area (Å²) in [5.41, 5.74) is -0.928. The van der Waals surface area contributed by atoms with Crippen LogP contribution in [-0.2, 0) is 4.79 Å². The third kappa shape index (κ3) is 3.60. The van der Waals surface area contributed by atoms with Crippen LogP contribution in [0.3, 0.4) is 0 Å². The van der Waals surface area contributed by atoms with E-state index in [1.54, 1.807) is 0 Å². The van der Waals surface area contributed by atoms with Gasteiger partial charge in [-0.3, -0.25) is 4.79 Å². The molecule has 4 fully saturated rings. The average molecular weight is 419 g/mol. The summed E-state index contributed by atoms with van der Waals surface area (Å²) in [7, 11) is 0. The second kappa shape index (κ2) is 7.58. The van der Waals surface area contributed by atoms with Crippen molar-refractivity contribution < 1.29 is 15.0 Å². The van der Waals surface area contributed by atoms with Gasteiger partial charge in [-0.25, -0.2) is 0 Å². The summed E-state index contributed by atoms with van der Waals surface area (Å²) in [4.78, 5) is 12.1. The van der Waals surface area contributed by atoms with Gasteiger partial charge in [0.1, 0.15) is 5.78 Å². The van der Waals surface area contributed by atoms with Crippen LogP contribution in [0, 0.1) is 40.4 Å². The van der Waals surface area contributed by atoms with Gasteiger partial charge >= 0.3 is 0 Å². The minimum atomic E-state index is -0.750. The minimum absolute atomic E-state index is 0.0679. The van der Waals surface area contributed by atoms with Gasteiger partial charge in [-0.2, -0.15) is 0 Å². The maximum absolute atomic E-state index is 12.1. The van der Waals surface area contributed by atoms with Crippen LogP contribution in [0.4, 0.5) is 0 Å². The Bertz CT molecular complexity index is 666. The van der Waals surface area contributed by atoms with E-state index < -0.39 is 11.2 Å². The Balaban J connectivity index is 1.48. The maximum atomic E-state index is 12.1. The summed E-state index contributed by atoms with van der Waals surface area (Å²) in [5, 5.41) is 21.6. The lowest BCUT2D eigenvalue weighted by Gasteiger charge is -2.63. The molecule has 3 nitrogen and oxygen atoms in total. The van der Waals surface area contributed by atoms with E-state index in [1.807, 2.05) is 13.8 Å². The van der Waals surface area contributed by atoms with Crippen molar-refractivity contribution in [2.45, 2.75) is 123 Å². The molecule has 172 valence electrons. The molecule has 8 atom stereocenters. The van der Waals surface area contributed by atoms with Crippen molar-refractivity contribution in [2.75, 3.05) is 0 Å². The van der Waals surface area contributed by atoms with Gasteiger partial charge in [0.25, 0.3) is 0 Å². The van der Waals surface area contributed by atoms with Gasteiger partial charge in [0.2, 0.25) is 0 Å².